The average molecular weight is 247 g/mol. The lowest BCUT2D eigenvalue weighted by Gasteiger charge is -2.07. The third kappa shape index (κ3) is 1.88. The van der Waals surface area contributed by atoms with Gasteiger partial charge in [0.2, 0.25) is 0 Å². The molecule has 2 heterocycles. The van der Waals surface area contributed by atoms with E-state index in [0.717, 1.165) is 22.2 Å². The summed E-state index contributed by atoms with van der Waals surface area (Å²) in [7, 11) is 0. The zero-order chi connectivity index (χ0) is 13.4. The summed E-state index contributed by atoms with van der Waals surface area (Å²) < 4.78 is 0. The monoisotopic (exact) mass is 247 g/mol. The Morgan fingerprint density at radius 2 is 1.89 bits per heavy atom. The van der Waals surface area contributed by atoms with Gasteiger partial charge in [-0.2, -0.15) is 5.26 Å². The minimum absolute atomic E-state index is 0.636. The smallest absolute Gasteiger partial charge is 0.139 e. The first-order valence-corrected chi connectivity index (χ1v) is 6.14. The molecule has 1 aromatic carbocycles. The Kier molecular flexibility index (Phi) is 2.57. The molecule has 0 saturated carbocycles. The molecule has 0 aliphatic rings. The Morgan fingerprint density at radius 1 is 1.16 bits per heavy atom. The van der Waals surface area contributed by atoms with Crippen molar-refractivity contribution in [2.75, 3.05) is 0 Å². The minimum atomic E-state index is 0.636. The van der Waals surface area contributed by atoms with E-state index in [0.29, 0.717) is 5.56 Å². The second kappa shape index (κ2) is 4.25. The molecule has 0 spiro atoms. The van der Waals surface area contributed by atoms with Gasteiger partial charge in [0.05, 0.1) is 5.56 Å². The van der Waals surface area contributed by atoms with E-state index >= 15 is 0 Å². The lowest BCUT2D eigenvalue weighted by Crippen LogP contribution is -1.86. The van der Waals surface area contributed by atoms with Crippen LogP contribution in [0.25, 0.3) is 22.2 Å². The first-order valence-electron chi connectivity index (χ1n) is 6.14. The number of aromatic nitrogens is 2. The molecule has 3 rings (SSSR count). The van der Waals surface area contributed by atoms with Crippen molar-refractivity contribution in [1.82, 2.24) is 9.97 Å². The number of rotatable bonds is 1. The molecule has 0 atom stereocenters. The molecule has 0 bridgehead atoms. The summed E-state index contributed by atoms with van der Waals surface area (Å²) in [4.78, 5) is 7.32. The number of hydrogen-bond donors (Lipinski definition) is 1. The van der Waals surface area contributed by atoms with Crippen molar-refractivity contribution in [1.29, 1.82) is 5.26 Å². The Labute approximate surface area is 111 Å². The van der Waals surface area contributed by atoms with Gasteiger partial charge in [0.25, 0.3) is 0 Å². The van der Waals surface area contributed by atoms with Gasteiger partial charge in [-0.05, 0) is 31.0 Å². The molecule has 0 aliphatic heterocycles. The highest BCUT2D eigenvalue weighted by Crippen LogP contribution is 2.30. The van der Waals surface area contributed by atoms with Crippen LogP contribution < -0.4 is 0 Å². The molecular weight excluding hydrogens is 234 g/mol. The summed E-state index contributed by atoms with van der Waals surface area (Å²) in [6, 6.07) is 10.6. The third-order valence-electron chi connectivity index (χ3n) is 3.23. The van der Waals surface area contributed by atoms with E-state index in [9.17, 15) is 5.26 Å². The molecule has 0 aliphatic carbocycles. The summed E-state index contributed by atoms with van der Waals surface area (Å²) in [5.74, 6) is 0. The van der Waals surface area contributed by atoms with Gasteiger partial charge in [-0.15, -0.1) is 0 Å². The number of benzene rings is 1. The fraction of sp³-hybridized carbons (Fsp3) is 0.125. The summed E-state index contributed by atoms with van der Waals surface area (Å²) in [6.45, 7) is 4.16. The number of nitrogens with one attached hydrogen (secondary N) is 1. The standard InChI is InChI=1S/C16H13N3/c1-10-5-11(2)7-12(6-10)14-3-4-18-16-15(14)13(8-17)9-19-16/h3-7,9H,1-2H3,(H,18,19). The van der Waals surface area contributed by atoms with E-state index in [1.165, 1.54) is 11.1 Å². The SMILES string of the molecule is Cc1cc(C)cc(-c2ccnc3[nH]cc(C#N)c23)c1. The molecule has 3 nitrogen and oxygen atoms in total. The summed E-state index contributed by atoms with van der Waals surface area (Å²) in [5, 5.41) is 10.1. The molecule has 19 heavy (non-hydrogen) atoms. The topological polar surface area (TPSA) is 52.5 Å². The number of hydrogen-bond acceptors (Lipinski definition) is 2. The van der Waals surface area contributed by atoms with Crippen LogP contribution in [0, 0.1) is 25.2 Å². The quantitative estimate of drug-likeness (QED) is 0.712. The third-order valence-corrected chi connectivity index (χ3v) is 3.23. The summed E-state index contributed by atoms with van der Waals surface area (Å²) >= 11 is 0. The van der Waals surface area contributed by atoms with E-state index in [4.69, 9.17) is 0 Å². The van der Waals surface area contributed by atoms with Crippen LogP contribution >= 0.6 is 0 Å². The Morgan fingerprint density at radius 3 is 2.58 bits per heavy atom. The van der Waals surface area contributed by atoms with Crippen molar-refractivity contribution >= 4 is 11.0 Å². The van der Waals surface area contributed by atoms with Crippen LogP contribution in [0.15, 0.2) is 36.7 Å². The van der Waals surface area contributed by atoms with Gasteiger partial charge < -0.3 is 4.98 Å². The van der Waals surface area contributed by atoms with Gasteiger partial charge in [0, 0.05) is 17.8 Å². The molecule has 0 saturated heterocycles. The van der Waals surface area contributed by atoms with Crippen molar-refractivity contribution < 1.29 is 0 Å². The number of H-pyrrole nitrogens is 1. The number of aryl methyl sites for hydroxylation is 2. The molecule has 0 radical (unpaired) electrons. The fourth-order valence-electron chi connectivity index (χ4n) is 2.52. The van der Waals surface area contributed by atoms with Gasteiger partial charge in [-0.1, -0.05) is 29.3 Å². The maximum Gasteiger partial charge on any atom is 0.139 e. The maximum absolute atomic E-state index is 9.21. The second-order valence-corrected chi connectivity index (χ2v) is 4.77. The van der Waals surface area contributed by atoms with Crippen LogP contribution in [0.5, 0.6) is 0 Å². The molecule has 0 fully saturated rings. The van der Waals surface area contributed by atoms with Crippen molar-refractivity contribution in [3.8, 4) is 17.2 Å². The Balaban J connectivity index is 2.36. The highest BCUT2D eigenvalue weighted by molar-refractivity contribution is 5.97. The second-order valence-electron chi connectivity index (χ2n) is 4.77. The van der Waals surface area contributed by atoms with Gasteiger partial charge in [0.15, 0.2) is 0 Å². The zero-order valence-corrected chi connectivity index (χ0v) is 10.9. The van der Waals surface area contributed by atoms with E-state index in [2.05, 4.69) is 48.1 Å². The first-order chi connectivity index (χ1) is 9.19. The molecule has 0 amide bonds. The predicted molar refractivity (Wildman–Crippen MR) is 75.7 cm³/mol. The van der Waals surface area contributed by atoms with Crippen molar-refractivity contribution in [2.24, 2.45) is 0 Å². The normalized spacial score (nSPS) is 10.6. The van der Waals surface area contributed by atoms with Crippen LogP contribution in [-0.2, 0) is 0 Å². The van der Waals surface area contributed by atoms with Crippen molar-refractivity contribution in [3.05, 3.63) is 53.3 Å². The van der Waals surface area contributed by atoms with Crippen molar-refractivity contribution in [3.63, 3.8) is 0 Å². The number of nitrogens with zero attached hydrogens (tertiary/aromatic N) is 2. The van der Waals surface area contributed by atoms with Crippen LogP contribution in [0.3, 0.4) is 0 Å². The van der Waals surface area contributed by atoms with Crippen LogP contribution in [0.4, 0.5) is 0 Å². The highest BCUT2D eigenvalue weighted by Gasteiger charge is 2.11. The largest absolute Gasteiger partial charge is 0.345 e. The molecule has 3 heteroatoms. The molecule has 2 aromatic heterocycles. The lowest BCUT2D eigenvalue weighted by atomic mass is 9.98. The summed E-state index contributed by atoms with van der Waals surface area (Å²) in [5.41, 5.74) is 6.00. The van der Waals surface area contributed by atoms with Gasteiger partial charge >= 0.3 is 0 Å². The lowest BCUT2D eigenvalue weighted by molar-refractivity contribution is 1.32. The summed E-state index contributed by atoms with van der Waals surface area (Å²) in [6.07, 6.45) is 3.48. The average Bonchev–Trinajstić information content (AvgIpc) is 2.80. The highest BCUT2D eigenvalue weighted by atomic mass is 14.8. The molecule has 92 valence electrons. The number of aromatic amines is 1. The molecular formula is C16H13N3. The van der Waals surface area contributed by atoms with Gasteiger partial charge in [-0.3, -0.25) is 0 Å². The number of fused-ring (bicyclic) bond motifs is 1. The van der Waals surface area contributed by atoms with E-state index in [1.807, 2.05) is 6.07 Å². The number of pyridine rings is 1. The fourth-order valence-corrected chi connectivity index (χ4v) is 2.52. The van der Waals surface area contributed by atoms with Crippen LogP contribution in [0.1, 0.15) is 16.7 Å². The van der Waals surface area contributed by atoms with Crippen molar-refractivity contribution in [2.45, 2.75) is 13.8 Å². The molecule has 1 N–H and O–H groups in total. The van der Waals surface area contributed by atoms with Gasteiger partial charge in [0.1, 0.15) is 11.7 Å². The van der Waals surface area contributed by atoms with E-state index in [-0.39, 0.29) is 0 Å². The molecule has 3 aromatic rings. The molecule has 0 unspecified atom stereocenters. The predicted octanol–water partition coefficient (Wildman–Crippen LogP) is 3.72. The Hall–Kier alpha value is -2.60. The minimum Gasteiger partial charge on any atom is -0.345 e. The van der Waals surface area contributed by atoms with Crippen LogP contribution in [0.2, 0.25) is 0 Å². The zero-order valence-electron chi connectivity index (χ0n) is 10.9. The first kappa shape index (κ1) is 11.5. The van der Waals surface area contributed by atoms with Gasteiger partial charge in [-0.25, -0.2) is 4.98 Å². The Bertz CT molecular complexity index is 786. The number of nitriles is 1. The van der Waals surface area contributed by atoms with E-state index in [1.54, 1.807) is 12.4 Å². The van der Waals surface area contributed by atoms with E-state index < -0.39 is 0 Å². The maximum atomic E-state index is 9.21. The van der Waals surface area contributed by atoms with Crippen LogP contribution in [-0.4, -0.2) is 9.97 Å².